The fourth-order valence-corrected chi connectivity index (χ4v) is 8.80. The Bertz CT molecular complexity index is 2510. The summed E-state index contributed by atoms with van der Waals surface area (Å²) in [6, 6.07) is 51.4. The molecule has 0 bridgehead atoms. The Morgan fingerprint density at radius 1 is 0.533 bits per heavy atom. The zero-order valence-electron chi connectivity index (χ0n) is 24.5. The molecule has 1 aliphatic heterocycles. The van der Waals surface area contributed by atoms with E-state index < -0.39 is 0 Å². The quantitative estimate of drug-likeness (QED) is 0.198. The zero-order chi connectivity index (χ0) is 29.5. The van der Waals surface area contributed by atoms with Crippen molar-refractivity contribution < 1.29 is 0 Å². The maximum absolute atomic E-state index is 2.55. The Labute approximate surface area is 265 Å². The predicted molar refractivity (Wildman–Crippen MR) is 192 cm³/mol. The highest BCUT2D eigenvalue weighted by molar-refractivity contribution is 7.25. The second kappa shape index (κ2) is 9.56. The Hall–Kier alpha value is -5.38. The Kier molecular flexibility index (Phi) is 5.31. The van der Waals surface area contributed by atoms with E-state index in [1.165, 1.54) is 75.7 Å². The fourth-order valence-electron chi connectivity index (χ4n) is 7.71. The number of rotatable bonds is 3. The minimum Gasteiger partial charge on any atom is -0.333 e. The van der Waals surface area contributed by atoms with Gasteiger partial charge >= 0.3 is 0 Å². The van der Waals surface area contributed by atoms with Crippen LogP contribution in [0.1, 0.15) is 17.0 Å². The highest BCUT2D eigenvalue weighted by atomic mass is 32.1. The lowest BCUT2D eigenvalue weighted by atomic mass is 9.86. The highest BCUT2D eigenvalue weighted by Crippen LogP contribution is 2.50. The topological polar surface area (TPSA) is 8.17 Å². The second-order valence-corrected chi connectivity index (χ2v) is 13.2. The first-order chi connectivity index (χ1) is 22.3. The molecule has 0 fully saturated rings. The maximum Gasteiger partial charge on any atom is 0.0630 e. The Morgan fingerprint density at radius 2 is 1.29 bits per heavy atom. The molecule has 2 nitrogen and oxygen atoms in total. The summed E-state index contributed by atoms with van der Waals surface area (Å²) >= 11 is 1.88. The van der Waals surface area contributed by atoms with Gasteiger partial charge in [-0.15, -0.1) is 11.3 Å². The van der Waals surface area contributed by atoms with Crippen LogP contribution in [0.4, 0.5) is 11.4 Å². The highest BCUT2D eigenvalue weighted by Gasteiger charge is 2.38. The average Bonchev–Trinajstić information content (AvgIpc) is 3.75. The third kappa shape index (κ3) is 3.68. The molecule has 212 valence electrons. The molecule has 8 aromatic rings. The van der Waals surface area contributed by atoms with Gasteiger partial charge in [0.15, 0.2) is 0 Å². The van der Waals surface area contributed by atoms with Gasteiger partial charge in [0.05, 0.1) is 17.1 Å². The van der Waals surface area contributed by atoms with Crippen LogP contribution in [0, 0.1) is 0 Å². The second-order valence-electron chi connectivity index (χ2n) is 12.1. The molecular weight excluding hydrogens is 565 g/mol. The molecule has 2 unspecified atom stereocenters. The number of aromatic nitrogens is 1. The van der Waals surface area contributed by atoms with Crippen molar-refractivity contribution in [2.24, 2.45) is 0 Å². The summed E-state index contributed by atoms with van der Waals surface area (Å²) in [4.78, 5) is 2.55. The monoisotopic (exact) mass is 592 g/mol. The molecule has 6 aromatic carbocycles. The SMILES string of the molecule is C1=CC2C(C=C1c1ccc3c(c1)c1ccccc1n3-c1ccccc1)c1ccccc1N2c1ccc2sc3ccccc3c2c1. The smallest absolute Gasteiger partial charge is 0.0630 e. The van der Waals surface area contributed by atoms with Gasteiger partial charge in [-0.2, -0.15) is 0 Å². The van der Waals surface area contributed by atoms with E-state index in [2.05, 4.69) is 167 Å². The molecule has 0 saturated heterocycles. The molecule has 1 aliphatic carbocycles. The van der Waals surface area contributed by atoms with Gasteiger partial charge in [0.25, 0.3) is 0 Å². The van der Waals surface area contributed by atoms with E-state index in [4.69, 9.17) is 0 Å². The lowest BCUT2D eigenvalue weighted by Gasteiger charge is -2.30. The lowest BCUT2D eigenvalue weighted by molar-refractivity contribution is 0.747. The summed E-state index contributed by atoms with van der Waals surface area (Å²) in [7, 11) is 0. The molecule has 2 aliphatic rings. The summed E-state index contributed by atoms with van der Waals surface area (Å²) in [6.07, 6.45) is 7.27. The van der Waals surface area contributed by atoms with Gasteiger partial charge in [-0.1, -0.05) is 97.1 Å². The molecule has 0 spiro atoms. The predicted octanol–water partition coefficient (Wildman–Crippen LogP) is 11.4. The van der Waals surface area contributed by atoms with E-state index in [0.717, 1.165) is 0 Å². The molecular formula is C42H28N2S. The van der Waals surface area contributed by atoms with Crippen molar-refractivity contribution in [2.75, 3.05) is 4.90 Å². The molecule has 0 saturated carbocycles. The number of allylic oxidation sites excluding steroid dienone is 2. The molecule has 10 rings (SSSR count). The van der Waals surface area contributed by atoms with Crippen LogP contribution in [0.5, 0.6) is 0 Å². The van der Waals surface area contributed by atoms with Crippen LogP contribution in [-0.4, -0.2) is 10.6 Å². The van der Waals surface area contributed by atoms with Crippen LogP contribution in [0.2, 0.25) is 0 Å². The van der Waals surface area contributed by atoms with Crippen LogP contribution in [0.15, 0.2) is 158 Å². The largest absolute Gasteiger partial charge is 0.333 e. The van der Waals surface area contributed by atoms with Crippen LogP contribution < -0.4 is 4.90 Å². The molecule has 0 amide bonds. The summed E-state index contributed by atoms with van der Waals surface area (Å²) in [5, 5.41) is 5.25. The number of para-hydroxylation sites is 3. The summed E-state index contributed by atoms with van der Waals surface area (Å²) in [5.41, 5.74) is 10.1. The van der Waals surface area contributed by atoms with Gasteiger partial charge in [-0.25, -0.2) is 0 Å². The van der Waals surface area contributed by atoms with E-state index in [9.17, 15) is 0 Å². The van der Waals surface area contributed by atoms with Crippen LogP contribution in [0.25, 0.3) is 53.2 Å². The molecule has 3 heterocycles. The fraction of sp³-hybridized carbons (Fsp3) is 0.0476. The normalized spacial score (nSPS) is 17.3. The first-order valence-corrected chi connectivity index (χ1v) is 16.4. The van der Waals surface area contributed by atoms with Gasteiger partial charge in [-0.3, -0.25) is 0 Å². The lowest BCUT2D eigenvalue weighted by Crippen LogP contribution is -2.28. The van der Waals surface area contributed by atoms with Crippen LogP contribution >= 0.6 is 11.3 Å². The maximum atomic E-state index is 2.55. The molecule has 0 radical (unpaired) electrons. The van der Waals surface area contributed by atoms with E-state index in [0.29, 0.717) is 0 Å². The zero-order valence-corrected chi connectivity index (χ0v) is 25.3. The van der Waals surface area contributed by atoms with Crippen LogP contribution in [0.3, 0.4) is 0 Å². The minimum absolute atomic E-state index is 0.234. The number of benzene rings is 6. The minimum atomic E-state index is 0.234. The standard InChI is InChI=1S/C42H28N2S/c1-2-10-29(11-3-1)43-37-15-7-4-12-31(37)34-24-27(18-21-39(34)43)28-19-22-40-35(25-28)32-13-5-8-16-38(32)44(40)30-20-23-42-36(26-30)33-14-6-9-17-41(33)45-42/h1-26,35,40H. The van der Waals surface area contributed by atoms with E-state index >= 15 is 0 Å². The van der Waals surface area contributed by atoms with Gasteiger partial charge in [0, 0.05) is 53.9 Å². The third-order valence-electron chi connectivity index (χ3n) is 9.71. The van der Waals surface area contributed by atoms with E-state index in [-0.39, 0.29) is 12.0 Å². The number of hydrogen-bond acceptors (Lipinski definition) is 2. The van der Waals surface area contributed by atoms with Crippen LogP contribution in [-0.2, 0) is 0 Å². The number of nitrogens with zero attached hydrogens (tertiary/aromatic N) is 2. The number of hydrogen-bond donors (Lipinski definition) is 0. The van der Waals surface area contributed by atoms with Crippen molar-refractivity contribution in [1.29, 1.82) is 0 Å². The van der Waals surface area contributed by atoms with Crippen molar-refractivity contribution >= 4 is 70.3 Å². The van der Waals surface area contributed by atoms with E-state index in [1.807, 2.05) is 11.3 Å². The molecule has 0 N–H and O–H groups in total. The Morgan fingerprint density at radius 3 is 2.22 bits per heavy atom. The van der Waals surface area contributed by atoms with Gasteiger partial charge < -0.3 is 9.47 Å². The van der Waals surface area contributed by atoms with Crippen molar-refractivity contribution in [2.45, 2.75) is 12.0 Å². The number of thiophene rings is 1. The summed E-state index contributed by atoms with van der Waals surface area (Å²) in [5.74, 6) is 0.275. The third-order valence-corrected chi connectivity index (χ3v) is 10.9. The molecule has 2 aromatic heterocycles. The first kappa shape index (κ1) is 25.0. The summed E-state index contributed by atoms with van der Waals surface area (Å²) < 4.78 is 5.07. The van der Waals surface area contributed by atoms with Gasteiger partial charge in [-0.05, 0) is 77.4 Å². The van der Waals surface area contributed by atoms with Crippen molar-refractivity contribution in [3.8, 4) is 5.69 Å². The number of anilines is 2. The first-order valence-electron chi connectivity index (χ1n) is 15.6. The molecule has 45 heavy (non-hydrogen) atoms. The van der Waals surface area contributed by atoms with Crippen molar-refractivity contribution in [1.82, 2.24) is 4.57 Å². The average molecular weight is 593 g/mol. The summed E-state index contributed by atoms with van der Waals surface area (Å²) in [6.45, 7) is 0. The number of fused-ring (bicyclic) bond motifs is 9. The van der Waals surface area contributed by atoms with Crippen molar-refractivity contribution in [3.05, 3.63) is 169 Å². The van der Waals surface area contributed by atoms with E-state index in [1.54, 1.807) is 0 Å². The Balaban J connectivity index is 1.09. The molecule has 3 heteroatoms. The van der Waals surface area contributed by atoms with Gasteiger partial charge in [0.2, 0.25) is 0 Å². The molecule has 2 atom stereocenters. The van der Waals surface area contributed by atoms with Crippen molar-refractivity contribution in [3.63, 3.8) is 0 Å². The van der Waals surface area contributed by atoms with Gasteiger partial charge in [0.1, 0.15) is 0 Å².